The van der Waals surface area contributed by atoms with E-state index in [1.165, 1.54) is 19.3 Å². The van der Waals surface area contributed by atoms with Crippen molar-refractivity contribution in [2.24, 2.45) is 11.8 Å². The third-order valence-corrected chi connectivity index (χ3v) is 3.09. The molecule has 0 aromatic carbocycles. The van der Waals surface area contributed by atoms with Crippen molar-refractivity contribution in [2.45, 2.75) is 52.4 Å². The molecule has 70 valence electrons. The normalized spacial score (nSPS) is 29.2. The van der Waals surface area contributed by atoms with E-state index in [1.807, 2.05) is 0 Å². The van der Waals surface area contributed by atoms with Gasteiger partial charge in [-0.3, -0.25) is 4.79 Å². The number of Topliss-reactive ketones (excluding diaryl/α,β-unsaturated/α-hetero) is 1. The zero-order chi connectivity index (χ0) is 8.97. The van der Waals surface area contributed by atoms with E-state index in [4.69, 9.17) is 0 Å². The Balaban J connectivity index is 2.43. The zero-order valence-electron chi connectivity index (χ0n) is 8.31. The van der Waals surface area contributed by atoms with Gasteiger partial charge >= 0.3 is 0 Å². The summed E-state index contributed by atoms with van der Waals surface area (Å²) >= 11 is 0. The number of hydrogen-bond acceptors (Lipinski definition) is 1. The lowest BCUT2D eigenvalue weighted by Gasteiger charge is -2.15. The molecule has 1 aliphatic carbocycles. The predicted molar refractivity (Wildman–Crippen MR) is 51.0 cm³/mol. The summed E-state index contributed by atoms with van der Waals surface area (Å²) in [4.78, 5) is 11.6. The monoisotopic (exact) mass is 168 g/mol. The van der Waals surface area contributed by atoms with Gasteiger partial charge < -0.3 is 0 Å². The van der Waals surface area contributed by atoms with Crippen LogP contribution in [0.15, 0.2) is 0 Å². The van der Waals surface area contributed by atoms with Crippen LogP contribution in [-0.2, 0) is 4.79 Å². The van der Waals surface area contributed by atoms with E-state index < -0.39 is 0 Å². The fourth-order valence-electron chi connectivity index (χ4n) is 2.38. The molecule has 2 atom stereocenters. The summed E-state index contributed by atoms with van der Waals surface area (Å²) in [6.07, 6.45) is 6.75. The van der Waals surface area contributed by atoms with E-state index >= 15 is 0 Å². The molecule has 0 amide bonds. The largest absolute Gasteiger partial charge is 0.299 e. The van der Waals surface area contributed by atoms with Crippen LogP contribution in [0.2, 0.25) is 0 Å². The highest BCUT2D eigenvalue weighted by Crippen LogP contribution is 2.35. The molecule has 12 heavy (non-hydrogen) atoms. The van der Waals surface area contributed by atoms with Gasteiger partial charge in [0.1, 0.15) is 5.78 Å². The van der Waals surface area contributed by atoms with Gasteiger partial charge in [-0.1, -0.05) is 26.7 Å². The van der Waals surface area contributed by atoms with Crippen LogP contribution in [0.3, 0.4) is 0 Å². The van der Waals surface area contributed by atoms with Crippen LogP contribution in [0.5, 0.6) is 0 Å². The van der Waals surface area contributed by atoms with Gasteiger partial charge in [0, 0.05) is 12.3 Å². The van der Waals surface area contributed by atoms with Gasteiger partial charge in [0.05, 0.1) is 0 Å². The molecule has 0 aromatic heterocycles. The quantitative estimate of drug-likeness (QED) is 0.630. The predicted octanol–water partition coefficient (Wildman–Crippen LogP) is 3.18. The van der Waals surface area contributed by atoms with Gasteiger partial charge in [-0.15, -0.1) is 0 Å². The fraction of sp³-hybridized carbons (Fsp3) is 0.909. The topological polar surface area (TPSA) is 17.1 Å². The second-order valence-corrected chi connectivity index (χ2v) is 3.92. The van der Waals surface area contributed by atoms with Crippen molar-refractivity contribution in [1.29, 1.82) is 0 Å². The Morgan fingerprint density at radius 2 is 2.08 bits per heavy atom. The number of rotatable bonds is 4. The first-order valence-electron chi connectivity index (χ1n) is 5.32. The van der Waals surface area contributed by atoms with Crippen molar-refractivity contribution in [2.75, 3.05) is 0 Å². The van der Waals surface area contributed by atoms with Crippen LogP contribution in [0.4, 0.5) is 0 Å². The Labute approximate surface area is 75.5 Å². The van der Waals surface area contributed by atoms with Crippen LogP contribution in [0.1, 0.15) is 52.4 Å². The van der Waals surface area contributed by atoms with Crippen molar-refractivity contribution in [3.05, 3.63) is 0 Å². The van der Waals surface area contributed by atoms with E-state index in [9.17, 15) is 4.79 Å². The highest BCUT2D eigenvalue weighted by Gasteiger charge is 2.30. The highest BCUT2D eigenvalue weighted by molar-refractivity contribution is 5.81. The number of ketones is 1. The summed E-state index contributed by atoms with van der Waals surface area (Å²) in [6.45, 7) is 4.30. The Morgan fingerprint density at radius 1 is 1.33 bits per heavy atom. The first-order valence-corrected chi connectivity index (χ1v) is 5.32. The molecule has 0 spiro atoms. The molecule has 0 aliphatic heterocycles. The molecule has 0 bridgehead atoms. The average Bonchev–Trinajstić information content (AvgIpc) is 2.51. The number of carbonyl (C=O) groups excluding carboxylic acids is 1. The van der Waals surface area contributed by atoms with Crippen molar-refractivity contribution < 1.29 is 4.79 Å². The molecular weight excluding hydrogens is 148 g/mol. The molecule has 1 rings (SSSR count). The minimum atomic E-state index is 0.426. The molecule has 1 saturated carbocycles. The molecule has 1 nitrogen and oxygen atoms in total. The van der Waals surface area contributed by atoms with Gasteiger partial charge in [0.15, 0.2) is 0 Å². The van der Waals surface area contributed by atoms with Crippen molar-refractivity contribution in [3.63, 3.8) is 0 Å². The van der Waals surface area contributed by atoms with Crippen LogP contribution in [0, 0.1) is 11.8 Å². The zero-order valence-corrected chi connectivity index (χ0v) is 8.31. The summed E-state index contributed by atoms with van der Waals surface area (Å²) in [5.41, 5.74) is 0. The Bertz CT molecular complexity index is 151. The van der Waals surface area contributed by atoms with Crippen LogP contribution >= 0.6 is 0 Å². The fourth-order valence-corrected chi connectivity index (χ4v) is 2.38. The Hall–Kier alpha value is -0.330. The molecule has 1 fully saturated rings. The molecule has 0 aromatic rings. The molecular formula is C11H20O. The Morgan fingerprint density at radius 3 is 2.67 bits per heavy atom. The van der Waals surface area contributed by atoms with Crippen molar-refractivity contribution in [1.82, 2.24) is 0 Å². The number of carbonyl (C=O) groups is 1. The van der Waals surface area contributed by atoms with E-state index in [0.29, 0.717) is 17.6 Å². The average molecular weight is 168 g/mol. The van der Waals surface area contributed by atoms with Crippen molar-refractivity contribution >= 4 is 5.78 Å². The molecule has 1 aliphatic rings. The van der Waals surface area contributed by atoms with Crippen LogP contribution in [-0.4, -0.2) is 5.78 Å². The summed E-state index contributed by atoms with van der Waals surface area (Å²) in [7, 11) is 0. The van der Waals surface area contributed by atoms with Gasteiger partial charge in [-0.25, -0.2) is 0 Å². The third kappa shape index (κ3) is 2.09. The minimum Gasteiger partial charge on any atom is -0.299 e. The maximum atomic E-state index is 11.6. The van der Waals surface area contributed by atoms with E-state index in [0.717, 1.165) is 19.3 Å². The van der Waals surface area contributed by atoms with Gasteiger partial charge in [0.25, 0.3) is 0 Å². The molecule has 0 saturated heterocycles. The van der Waals surface area contributed by atoms with E-state index in [-0.39, 0.29) is 0 Å². The van der Waals surface area contributed by atoms with Gasteiger partial charge in [0.2, 0.25) is 0 Å². The molecule has 0 N–H and O–H groups in total. The first-order chi connectivity index (χ1) is 5.79. The van der Waals surface area contributed by atoms with Gasteiger partial charge in [-0.2, -0.15) is 0 Å². The van der Waals surface area contributed by atoms with E-state index in [2.05, 4.69) is 13.8 Å². The molecule has 0 heterocycles. The maximum absolute atomic E-state index is 11.6. The molecule has 2 unspecified atom stereocenters. The summed E-state index contributed by atoms with van der Waals surface area (Å²) in [5.74, 6) is 1.67. The summed E-state index contributed by atoms with van der Waals surface area (Å²) < 4.78 is 0. The lowest BCUT2D eigenvalue weighted by atomic mass is 9.88. The standard InChI is InChI=1S/C11H20O/c1-3-6-11(12)10-8-5-7-9(10)4-2/h9-10H,3-8H2,1-2H3. The van der Waals surface area contributed by atoms with Gasteiger partial charge in [-0.05, 0) is 25.2 Å². The highest BCUT2D eigenvalue weighted by atomic mass is 16.1. The second kappa shape index (κ2) is 4.64. The number of hydrogen-bond donors (Lipinski definition) is 0. The van der Waals surface area contributed by atoms with Crippen LogP contribution in [0.25, 0.3) is 0 Å². The smallest absolute Gasteiger partial charge is 0.136 e. The van der Waals surface area contributed by atoms with E-state index in [1.54, 1.807) is 0 Å². The summed E-state index contributed by atoms with van der Waals surface area (Å²) in [6, 6.07) is 0. The lowest BCUT2D eigenvalue weighted by molar-refractivity contribution is -0.123. The SMILES string of the molecule is CCCC(=O)C1CCCC1CC. The maximum Gasteiger partial charge on any atom is 0.136 e. The Kier molecular flexibility index (Phi) is 3.77. The first kappa shape index (κ1) is 9.76. The second-order valence-electron chi connectivity index (χ2n) is 3.92. The minimum absolute atomic E-state index is 0.426. The molecule has 1 heteroatoms. The lowest BCUT2D eigenvalue weighted by Crippen LogP contribution is -2.17. The van der Waals surface area contributed by atoms with Crippen molar-refractivity contribution in [3.8, 4) is 0 Å². The summed E-state index contributed by atoms with van der Waals surface area (Å²) in [5, 5.41) is 0. The third-order valence-electron chi connectivity index (χ3n) is 3.09. The van der Waals surface area contributed by atoms with Crippen LogP contribution < -0.4 is 0 Å². The molecule has 0 radical (unpaired) electrons.